The third kappa shape index (κ3) is 4.55. The Kier molecular flexibility index (Phi) is 5.77. The molecule has 2 aromatic rings. The second-order valence-electron chi connectivity index (χ2n) is 4.63. The van der Waals surface area contributed by atoms with E-state index in [0.717, 1.165) is 10.0 Å². The average Bonchev–Trinajstić information content (AvgIpc) is 3.08. The minimum Gasteiger partial charge on any atom is -0.381 e. The molecule has 114 valence electrons. The molecule has 0 saturated heterocycles. The normalized spacial score (nSPS) is 11.0. The fourth-order valence-electron chi connectivity index (χ4n) is 1.53. The Balaban J connectivity index is 1.92. The molecule has 0 bridgehead atoms. The second-order valence-corrected chi connectivity index (χ2v) is 6.58. The molecule has 2 aromatic heterocycles. The average molecular weight is 326 g/mol. The first-order valence-electron chi connectivity index (χ1n) is 6.77. The number of thiazole rings is 1. The Bertz CT molecular complexity index is 595. The van der Waals surface area contributed by atoms with Crippen LogP contribution in [0.25, 0.3) is 0 Å². The molecule has 0 unspecified atom stereocenters. The quantitative estimate of drug-likeness (QED) is 0.792. The topological polar surface area (TPSA) is 77.0 Å². The SMILES string of the molecule is CCOCCc1nnc(NC(=O)c2csc(C(C)C)n2)s1. The van der Waals surface area contributed by atoms with Gasteiger partial charge in [-0.05, 0) is 6.92 Å². The number of rotatable bonds is 7. The number of carbonyl (C=O) groups is 1. The molecule has 0 saturated carbocycles. The lowest BCUT2D eigenvalue weighted by atomic mass is 10.2. The van der Waals surface area contributed by atoms with Gasteiger partial charge in [-0.3, -0.25) is 10.1 Å². The first kappa shape index (κ1) is 16.0. The van der Waals surface area contributed by atoms with Gasteiger partial charge in [0.1, 0.15) is 10.7 Å². The van der Waals surface area contributed by atoms with Crippen molar-refractivity contribution in [3.05, 3.63) is 21.1 Å². The van der Waals surface area contributed by atoms with Gasteiger partial charge in [-0.15, -0.1) is 21.5 Å². The summed E-state index contributed by atoms with van der Waals surface area (Å²) < 4.78 is 5.27. The molecule has 6 nitrogen and oxygen atoms in total. The van der Waals surface area contributed by atoms with E-state index in [9.17, 15) is 4.79 Å². The highest BCUT2D eigenvalue weighted by atomic mass is 32.1. The number of aromatic nitrogens is 3. The molecular formula is C13H18N4O2S2. The number of amides is 1. The molecule has 2 rings (SSSR count). The van der Waals surface area contributed by atoms with Crippen LogP contribution in [0.5, 0.6) is 0 Å². The summed E-state index contributed by atoms with van der Waals surface area (Å²) in [5, 5.41) is 14.8. The number of hydrogen-bond donors (Lipinski definition) is 1. The van der Waals surface area contributed by atoms with Crippen LogP contribution in [0.15, 0.2) is 5.38 Å². The van der Waals surface area contributed by atoms with Crippen LogP contribution in [-0.4, -0.2) is 34.3 Å². The molecule has 0 aliphatic heterocycles. The van der Waals surface area contributed by atoms with E-state index in [0.29, 0.717) is 36.4 Å². The van der Waals surface area contributed by atoms with E-state index in [4.69, 9.17) is 4.74 Å². The van der Waals surface area contributed by atoms with Crippen molar-refractivity contribution in [1.29, 1.82) is 0 Å². The molecular weight excluding hydrogens is 308 g/mol. The molecule has 0 atom stereocenters. The highest BCUT2D eigenvalue weighted by Crippen LogP contribution is 2.21. The number of anilines is 1. The van der Waals surface area contributed by atoms with E-state index in [1.807, 2.05) is 6.92 Å². The lowest BCUT2D eigenvalue weighted by molar-refractivity contribution is 0.102. The van der Waals surface area contributed by atoms with Crippen LogP contribution in [0.2, 0.25) is 0 Å². The van der Waals surface area contributed by atoms with Crippen molar-refractivity contribution < 1.29 is 9.53 Å². The predicted molar refractivity (Wildman–Crippen MR) is 84.3 cm³/mol. The Labute approximate surface area is 131 Å². The van der Waals surface area contributed by atoms with Crippen molar-refractivity contribution in [2.75, 3.05) is 18.5 Å². The summed E-state index contributed by atoms with van der Waals surface area (Å²) in [6.45, 7) is 7.35. The number of nitrogens with zero attached hydrogens (tertiary/aromatic N) is 3. The Hall–Kier alpha value is -1.38. The van der Waals surface area contributed by atoms with Gasteiger partial charge in [0.2, 0.25) is 5.13 Å². The van der Waals surface area contributed by atoms with E-state index in [1.165, 1.54) is 22.7 Å². The number of hydrogen-bond acceptors (Lipinski definition) is 7. The van der Waals surface area contributed by atoms with Gasteiger partial charge >= 0.3 is 0 Å². The summed E-state index contributed by atoms with van der Waals surface area (Å²) in [5.41, 5.74) is 0.426. The van der Waals surface area contributed by atoms with E-state index in [1.54, 1.807) is 5.38 Å². The minimum absolute atomic E-state index is 0.245. The summed E-state index contributed by atoms with van der Waals surface area (Å²) in [6, 6.07) is 0. The third-order valence-corrected chi connectivity index (χ3v) is 4.64. The van der Waals surface area contributed by atoms with Gasteiger partial charge in [-0.25, -0.2) is 4.98 Å². The van der Waals surface area contributed by atoms with Gasteiger partial charge < -0.3 is 4.74 Å². The fourth-order valence-corrected chi connectivity index (χ4v) is 3.06. The Morgan fingerprint density at radius 1 is 1.43 bits per heavy atom. The van der Waals surface area contributed by atoms with E-state index in [-0.39, 0.29) is 5.91 Å². The monoisotopic (exact) mass is 326 g/mol. The van der Waals surface area contributed by atoms with Crippen molar-refractivity contribution in [3.8, 4) is 0 Å². The van der Waals surface area contributed by atoms with Gasteiger partial charge in [-0.1, -0.05) is 25.2 Å². The standard InChI is InChI=1S/C13H18N4O2S2/c1-4-19-6-5-10-16-17-13(21-10)15-11(18)9-7-20-12(14-9)8(2)3/h7-8H,4-6H2,1-3H3,(H,15,17,18). The van der Waals surface area contributed by atoms with Crippen molar-refractivity contribution >= 4 is 33.7 Å². The second kappa shape index (κ2) is 7.58. The van der Waals surface area contributed by atoms with E-state index in [2.05, 4.69) is 34.3 Å². The molecule has 0 aromatic carbocycles. The van der Waals surface area contributed by atoms with Crippen LogP contribution in [0.4, 0.5) is 5.13 Å². The molecule has 0 fully saturated rings. The van der Waals surface area contributed by atoms with Gasteiger partial charge in [0.05, 0.1) is 11.6 Å². The van der Waals surface area contributed by atoms with Gasteiger partial charge in [0.25, 0.3) is 5.91 Å². The summed E-state index contributed by atoms with van der Waals surface area (Å²) in [4.78, 5) is 16.4. The molecule has 1 amide bonds. The van der Waals surface area contributed by atoms with Crippen molar-refractivity contribution in [2.24, 2.45) is 0 Å². The van der Waals surface area contributed by atoms with Crippen molar-refractivity contribution in [2.45, 2.75) is 33.1 Å². The molecule has 0 spiro atoms. The van der Waals surface area contributed by atoms with Crippen LogP contribution >= 0.6 is 22.7 Å². The molecule has 21 heavy (non-hydrogen) atoms. The lowest BCUT2D eigenvalue weighted by Gasteiger charge is -1.98. The Morgan fingerprint density at radius 2 is 2.24 bits per heavy atom. The molecule has 2 heterocycles. The number of ether oxygens (including phenoxy) is 1. The highest BCUT2D eigenvalue weighted by molar-refractivity contribution is 7.15. The van der Waals surface area contributed by atoms with Crippen LogP contribution in [0, 0.1) is 0 Å². The summed E-state index contributed by atoms with van der Waals surface area (Å²) >= 11 is 2.86. The maximum absolute atomic E-state index is 12.1. The summed E-state index contributed by atoms with van der Waals surface area (Å²) in [6.07, 6.45) is 0.704. The van der Waals surface area contributed by atoms with Crippen LogP contribution < -0.4 is 5.32 Å². The van der Waals surface area contributed by atoms with Crippen LogP contribution in [0.3, 0.4) is 0 Å². The minimum atomic E-state index is -0.245. The smallest absolute Gasteiger partial charge is 0.276 e. The van der Waals surface area contributed by atoms with Gasteiger partial charge in [-0.2, -0.15) is 0 Å². The summed E-state index contributed by atoms with van der Waals surface area (Å²) in [5.74, 6) is 0.0777. The molecule has 8 heteroatoms. The van der Waals surface area contributed by atoms with Crippen LogP contribution in [-0.2, 0) is 11.2 Å². The zero-order chi connectivity index (χ0) is 15.2. The molecule has 0 aliphatic rings. The fraction of sp³-hybridized carbons (Fsp3) is 0.538. The molecule has 1 N–H and O–H groups in total. The first-order chi connectivity index (χ1) is 10.1. The zero-order valence-corrected chi connectivity index (χ0v) is 13.9. The zero-order valence-electron chi connectivity index (χ0n) is 12.3. The Morgan fingerprint density at radius 3 is 2.90 bits per heavy atom. The highest BCUT2D eigenvalue weighted by Gasteiger charge is 2.14. The van der Waals surface area contributed by atoms with Crippen LogP contribution in [0.1, 0.15) is 47.2 Å². The number of nitrogens with one attached hydrogen (secondary N) is 1. The van der Waals surface area contributed by atoms with E-state index >= 15 is 0 Å². The molecule has 0 aliphatic carbocycles. The first-order valence-corrected chi connectivity index (χ1v) is 8.46. The maximum atomic E-state index is 12.1. The lowest BCUT2D eigenvalue weighted by Crippen LogP contribution is -2.12. The third-order valence-electron chi connectivity index (χ3n) is 2.60. The molecule has 0 radical (unpaired) electrons. The predicted octanol–water partition coefficient (Wildman–Crippen LogP) is 2.95. The van der Waals surface area contributed by atoms with Gasteiger partial charge in [0.15, 0.2) is 0 Å². The van der Waals surface area contributed by atoms with Crippen molar-refractivity contribution in [1.82, 2.24) is 15.2 Å². The van der Waals surface area contributed by atoms with Gasteiger partial charge in [0, 0.05) is 24.3 Å². The summed E-state index contributed by atoms with van der Waals surface area (Å²) in [7, 11) is 0. The van der Waals surface area contributed by atoms with E-state index < -0.39 is 0 Å². The van der Waals surface area contributed by atoms with Crippen molar-refractivity contribution in [3.63, 3.8) is 0 Å². The maximum Gasteiger partial charge on any atom is 0.276 e. The number of carbonyl (C=O) groups excluding carboxylic acids is 1. The largest absolute Gasteiger partial charge is 0.381 e.